The molecular weight excluding hydrogens is 523 g/mol. The molecular formula is C24H21Cl3O8. The van der Waals surface area contributed by atoms with Gasteiger partial charge in [-0.05, 0) is 55.5 Å². The number of para-hydroxylation sites is 2. The topological polar surface area (TPSA) is 97.4 Å². The molecule has 3 aromatic rings. The van der Waals surface area contributed by atoms with Crippen LogP contribution in [-0.4, -0.2) is 30.5 Å². The van der Waals surface area contributed by atoms with Crippen LogP contribution in [0.5, 0.6) is 28.7 Å². The first-order chi connectivity index (χ1) is 16.6. The average Bonchev–Trinajstić information content (AvgIpc) is 2.81. The van der Waals surface area contributed by atoms with Crippen LogP contribution in [0.1, 0.15) is 5.56 Å². The number of ether oxygens (including phenoxy) is 5. The van der Waals surface area contributed by atoms with Crippen molar-refractivity contribution >= 4 is 51.1 Å². The van der Waals surface area contributed by atoms with Crippen molar-refractivity contribution in [3.05, 3.63) is 78.4 Å². The Bertz CT molecular complexity index is 1090. The molecule has 0 fully saturated rings. The number of halogens is 3. The molecule has 0 spiro atoms. The van der Waals surface area contributed by atoms with Crippen LogP contribution in [0.15, 0.2) is 72.8 Å². The van der Waals surface area contributed by atoms with Crippen LogP contribution in [0, 0.1) is 6.92 Å². The first-order valence-electron chi connectivity index (χ1n) is 9.60. The molecule has 0 aliphatic carbocycles. The monoisotopic (exact) mass is 542 g/mol. The summed E-state index contributed by atoms with van der Waals surface area (Å²) in [6.45, 7) is 1.95. The summed E-state index contributed by atoms with van der Waals surface area (Å²) >= 11 is 15.0. The van der Waals surface area contributed by atoms with E-state index < -0.39 is 16.3 Å². The average molecular weight is 544 g/mol. The molecule has 0 radical (unpaired) electrons. The summed E-state index contributed by atoms with van der Waals surface area (Å²) in [4.78, 5) is 30.9. The standard InChI is InChI=1S/2C8H7ClO3.C8H7ClO2/c1-11-6-2-4-7(5-3-6)12-8(9)10;1-11-6-4-2-3-5-7(6)12-8(9)10;1-6-2-4-7(5-3-6)11-8(9)10/h2*2-5H,1H3;2-5H,1H3. The first-order valence-corrected chi connectivity index (χ1v) is 10.7. The van der Waals surface area contributed by atoms with Gasteiger partial charge in [0.15, 0.2) is 11.5 Å². The van der Waals surface area contributed by atoms with Gasteiger partial charge in [0.2, 0.25) is 0 Å². The van der Waals surface area contributed by atoms with Gasteiger partial charge in [-0.25, -0.2) is 14.4 Å². The van der Waals surface area contributed by atoms with E-state index in [0.717, 1.165) is 5.56 Å². The van der Waals surface area contributed by atoms with E-state index in [1.807, 2.05) is 19.1 Å². The lowest BCUT2D eigenvalue weighted by molar-refractivity contribution is 0.223. The van der Waals surface area contributed by atoms with Crippen LogP contribution in [0.25, 0.3) is 0 Å². The maximum Gasteiger partial charge on any atom is 0.409 e. The highest BCUT2D eigenvalue weighted by molar-refractivity contribution is 6.62. The van der Waals surface area contributed by atoms with E-state index in [0.29, 0.717) is 28.7 Å². The van der Waals surface area contributed by atoms with Crippen molar-refractivity contribution < 1.29 is 38.1 Å². The van der Waals surface area contributed by atoms with Gasteiger partial charge < -0.3 is 23.7 Å². The van der Waals surface area contributed by atoms with Crippen molar-refractivity contribution in [2.24, 2.45) is 0 Å². The second kappa shape index (κ2) is 16.2. The molecule has 8 nitrogen and oxygen atoms in total. The minimum absolute atomic E-state index is 0.319. The number of aryl methyl sites for hydroxylation is 1. The molecule has 0 unspecified atom stereocenters. The number of methoxy groups -OCH3 is 2. The zero-order valence-corrected chi connectivity index (χ0v) is 21.1. The largest absolute Gasteiger partial charge is 0.497 e. The third-order valence-electron chi connectivity index (χ3n) is 3.74. The summed E-state index contributed by atoms with van der Waals surface area (Å²) in [5.74, 6) is 2.36. The van der Waals surface area contributed by atoms with Crippen LogP contribution in [0.3, 0.4) is 0 Å². The summed E-state index contributed by atoms with van der Waals surface area (Å²) in [5.41, 5.74) is -1.42. The molecule has 186 valence electrons. The van der Waals surface area contributed by atoms with Gasteiger partial charge in [-0.2, -0.15) is 0 Å². The Morgan fingerprint density at radius 3 is 1.34 bits per heavy atom. The fraction of sp³-hybridized carbons (Fsp3) is 0.125. The van der Waals surface area contributed by atoms with Crippen molar-refractivity contribution in [1.29, 1.82) is 0 Å². The summed E-state index contributed by atoms with van der Waals surface area (Å²) in [6, 6.07) is 20.4. The number of hydrogen-bond acceptors (Lipinski definition) is 8. The van der Waals surface area contributed by atoms with Gasteiger partial charge in [0.1, 0.15) is 17.2 Å². The molecule has 0 N–H and O–H groups in total. The Morgan fingerprint density at radius 2 is 0.943 bits per heavy atom. The van der Waals surface area contributed by atoms with E-state index in [2.05, 4.69) is 14.2 Å². The lowest BCUT2D eigenvalue weighted by Crippen LogP contribution is -1.98. The molecule has 0 atom stereocenters. The minimum atomic E-state index is -0.875. The Labute approximate surface area is 217 Å². The quantitative estimate of drug-likeness (QED) is 0.303. The highest BCUT2D eigenvalue weighted by Crippen LogP contribution is 2.26. The van der Waals surface area contributed by atoms with Crippen LogP contribution in [-0.2, 0) is 0 Å². The minimum Gasteiger partial charge on any atom is -0.497 e. The van der Waals surface area contributed by atoms with Gasteiger partial charge in [0.05, 0.1) is 14.2 Å². The molecule has 0 aromatic heterocycles. The van der Waals surface area contributed by atoms with Crippen LogP contribution < -0.4 is 23.7 Å². The van der Waals surface area contributed by atoms with Crippen molar-refractivity contribution in [2.45, 2.75) is 6.92 Å². The molecule has 35 heavy (non-hydrogen) atoms. The summed E-state index contributed by atoms with van der Waals surface area (Å²) in [6.07, 6.45) is 0. The van der Waals surface area contributed by atoms with Crippen LogP contribution in [0.4, 0.5) is 14.4 Å². The van der Waals surface area contributed by atoms with E-state index in [9.17, 15) is 14.4 Å². The smallest absolute Gasteiger partial charge is 0.409 e. The Morgan fingerprint density at radius 1 is 0.543 bits per heavy atom. The van der Waals surface area contributed by atoms with E-state index in [-0.39, 0.29) is 0 Å². The van der Waals surface area contributed by atoms with Crippen LogP contribution in [0.2, 0.25) is 0 Å². The molecule has 3 aromatic carbocycles. The molecule has 3 rings (SSSR count). The third kappa shape index (κ3) is 13.1. The third-order valence-corrected chi connectivity index (χ3v) is 3.97. The first kappa shape index (κ1) is 29.6. The molecule has 0 saturated heterocycles. The number of carbonyl (C=O) groups is 3. The van der Waals surface area contributed by atoms with Crippen molar-refractivity contribution in [3.63, 3.8) is 0 Å². The summed E-state index contributed by atoms with van der Waals surface area (Å²) in [7, 11) is 3.05. The van der Waals surface area contributed by atoms with Crippen molar-refractivity contribution in [2.75, 3.05) is 14.2 Å². The second-order valence-electron chi connectivity index (χ2n) is 6.16. The summed E-state index contributed by atoms with van der Waals surface area (Å²) in [5, 5.41) is 0. The van der Waals surface area contributed by atoms with Gasteiger partial charge in [0.25, 0.3) is 0 Å². The van der Waals surface area contributed by atoms with Gasteiger partial charge in [-0.3, -0.25) is 0 Å². The van der Waals surface area contributed by atoms with Gasteiger partial charge in [-0.1, -0.05) is 29.8 Å². The zero-order valence-electron chi connectivity index (χ0n) is 18.8. The predicted octanol–water partition coefficient (Wildman–Crippen LogP) is 7.60. The maximum atomic E-state index is 10.4. The maximum absolute atomic E-state index is 10.4. The van der Waals surface area contributed by atoms with Gasteiger partial charge in [-0.15, -0.1) is 0 Å². The zero-order chi connectivity index (χ0) is 26.2. The second-order valence-corrected chi connectivity index (χ2v) is 7.08. The van der Waals surface area contributed by atoms with Crippen molar-refractivity contribution in [1.82, 2.24) is 0 Å². The van der Waals surface area contributed by atoms with Crippen molar-refractivity contribution in [3.8, 4) is 28.7 Å². The van der Waals surface area contributed by atoms with Gasteiger partial charge in [0, 0.05) is 34.8 Å². The molecule has 11 heteroatoms. The molecule has 0 bridgehead atoms. The van der Waals surface area contributed by atoms with E-state index >= 15 is 0 Å². The predicted molar refractivity (Wildman–Crippen MR) is 133 cm³/mol. The van der Waals surface area contributed by atoms with E-state index in [4.69, 9.17) is 44.3 Å². The molecule has 0 aliphatic heterocycles. The SMILES string of the molecule is COc1ccc(OC(=O)Cl)cc1.COc1ccccc1OC(=O)Cl.Cc1ccc(OC(=O)Cl)cc1. The molecule has 0 aliphatic rings. The lowest BCUT2D eigenvalue weighted by atomic mass is 10.2. The molecule has 0 saturated carbocycles. The fourth-order valence-corrected chi connectivity index (χ4v) is 2.49. The van der Waals surface area contributed by atoms with E-state index in [1.54, 1.807) is 67.8 Å². The number of benzene rings is 3. The number of carbonyl (C=O) groups excluding carboxylic acids is 3. The highest BCUT2D eigenvalue weighted by Gasteiger charge is 2.05. The molecule has 0 amide bonds. The number of hydrogen-bond donors (Lipinski definition) is 0. The summed E-state index contributed by atoms with van der Waals surface area (Å²) < 4.78 is 23.6. The fourth-order valence-electron chi connectivity index (χ4n) is 2.22. The lowest BCUT2D eigenvalue weighted by Gasteiger charge is -2.04. The Kier molecular flexibility index (Phi) is 13.7. The normalized spacial score (nSPS) is 9.20. The van der Waals surface area contributed by atoms with E-state index in [1.165, 1.54) is 7.11 Å². The molecule has 0 heterocycles. The van der Waals surface area contributed by atoms with Crippen LogP contribution >= 0.6 is 34.8 Å². The Hall–Kier alpha value is -3.46. The Balaban J connectivity index is 0.000000263. The van der Waals surface area contributed by atoms with Gasteiger partial charge >= 0.3 is 16.3 Å². The highest BCUT2D eigenvalue weighted by atomic mass is 35.5. The number of rotatable bonds is 5.